The van der Waals surface area contributed by atoms with Crippen molar-refractivity contribution >= 4 is 5.69 Å². The summed E-state index contributed by atoms with van der Waals surface area (Å²) in [4.78, 5) is 0. The molecule has 1 aliphatic rings. The minimum absolute atomic E-state index is 0.228. The monoisotopic (exact) mass is 272 g/mol. The third kappa shape index (κ3) is 3.62. The van der Waals surface area contributed by atoms with Crippen molar-refractivity contribution in [2.45, 2.75) is 44.4 Å². The van der Waals surface area contributed by atoms with E-state index in [1.54, 1.807) is 6.07 Å². The van der Waals surface area contributed by atoms with E-state index in [-0.39, 0.29) is 6.42 Å². The molecule has 0 radical (unpaired) electrons. The fourth-order valence-electron chi connectivity index (χ4n) is 2.70. The van der Waals surface area contributed by atoms with Gasteiger partial charge < -0.3 is 11.1 Å². The lowest BCUT2D eigenvalue weighted by molar-refractivity contribution is -0.189. The normalized spacial score (nSPS) is 24.4. The smallest absolute Gasteiger partial charge is 0.393 e. The highest BCUT2D eigenvalue weighted by Crippen LogP contribution is 2.37. The number of nitrogens with two attached hydrogens (primary N) is 1. The summed E-state index contributed by atoms with van der Waals surface area (Å²) < 4.78 is 38.8. The van der Waals surface area contributed by atoms with E-state index in [9.17, 15) is 13.2 Å². The lowest BCUT2D eigenvalue weighted by Crippen LogP contribution is -2.45. The Morgan fingerprint density at radius 3 is 2.53 bits per heavy atom. The van der Waals surface area contributed by atoms with Gasteiger partial charge in [0.2, 0.25) is 0 Å². The zero-order valence-corrected chi connectivity index (χ0v) is 10.7. The first kappa shape index (κ1) is 14.2. The molecule has 106 valence electrons. The van der Waals surface area contributed by atoms with Gasteiger partial charge in [-0.2, -0.15) is 13.2 Å². The van der Waals surface area contributed by atoms with Gasteiger partial charge in [0.05, 0.1) is 5.92 Å². The van der Waals surface area contributed by atoms with Crippen molar-refractivity contribution in [2.24, 2.45) is 5.92 Å². The van der Waals surface area contributed by atoms with Gasteiger partial charge in [-0.15, -0.1) is 0 Å². The Kier molecular flexibility index (Phi) is 4.34. The van der Waals surface area contributed by atoms with Crippen LogP contribution in [-0.4, -0.2) is 12.2 Å². The SMILES string of the molecule is Nc1ccccc1CNC1CCCCC1C(F)(F)F. The Hall–Kier alpha value is -1.23. The van der Waals surface area contributed by atoms with Crippen LogP contribution in [0.15, 0.2) is 24.3 Å². The van der Waals surface area contributed by atoms with E-state index in [1.165, 1.54) is 0 Å². The van der Waals surface area contributed by atoms with Crippen LogP contribution >= 0.6 is 0 Å². The van der Waals surface area contributed by atoms with Gasteiger partial charge in [0, 0.05) is 18.3 Å². The van der Waals surface area contributed by atoms with E-state index in [4.69, 9.17) is 5.73 Å². The van der Waals surface area contributed by atoms with Crippen molar-refractivity contribution in [2.75, 3.05) is 5.73 Å². The van der Waals surface area contributed by atoms with Gasteiger partial charge in [-0.3, -0.25) is 0 Å². The maximum atomic E-state index is 12.9. The molecular formula is C14H19F3N2. The summed E-state index contributed by atoms with van der Waals surface area (Å²) in [5.41, 5.74) is 7.27. The molecule has 1 fully saturated rings. The third-order valence-corrected chi connectivity index (χ3v) is 3.80. The van der Waals surface area contributed by atoms with Crippen LogP contribution in [0, 0.1) is 5.92 Å². The molecule has 19 heavy (non-hydrogen) atoms. The molecule has 0 aromatic heterocycles. The highest BCUT2D eigenvalue weighted by atomic mass is 19.4. The molecule has 0 aliphatic heterocycles. The molecule has 1 saturated carbocycles. The summed E-state index contributed by atoms with van der Waals surface area (Å²) in [5.74, 6) is -1.23. The molecule has 2 rings (SSSR count). The Balaban J connectivity index is 1.99. The van der Waals surface area contributed by atoms with Crippen molar-refractivity contribution in [3.05, 3.63) is 29.8 Å². The number of halogens is 3. The second kappa shape index (κ2) is 5.82. The largest absolute Gasteiger partial charge is 0.398 e. The van der Waals surface area contributed by atoms with E-state index < -0.39 is 18.1 Å². The Bertz CT molecular complexity index is 417. The van der Waals surface area contributed by atoms with Crippen LogP contribution in [0.5, 0.6) is 0 Å². The standard InChI is InChI=1S/C14H19F3N2/c15-14(16,17)11-6-2-4-8-13(11)19-9-10-5-1-3-7-12(10)18/h1,3,5,7,11,13,19H,2,4,6,8-9,18H2. The number of alkyl halides is 3. The van der Waals surface area contributed by atoms with Gasteiger partial charge in [-0.05, 0) is 24.5 Å². The second-order valence-electron chi connectivity index (χ2n) is 5.12. The fraction of sp³-hybridized carbons (Fsp3) is 0.571. The number of benzene rings is 1. The molecule has 1 aromatic carbocycles. The molecule has 2 nitrogen and oxygen atoms in total. The van der Waals surface area contributed by atoms with E-state index in [0.717, 1.165) is 12.0 Å². The van der Waals surface area contributed by atoms with Crippen LogP contribution in [0.2, 0.25) is 0 Å². The molecule has 2 atom stereocenters. The van der Waals surface area contributed by atoms with Crippen molar-refractivity contribution in [3.8, 4) is 0 Å². The first-order valence-electron chi connectivity index (χ1n) is 6.62. The molecule has 0 heterocycles. The van der Waals surface area contributed by atoms with Gasteiger partial charge in [-0.1, -0.05) is 31.0 Å². The van der Waals surface area contributed by atoms with Gasteiger partial charge >= 0.3 is 6.18 Å². The van der Waals surface area contributed by atoms with Crippen molar-refractivity contribution in [3.63, 3.8) is 0 Å². The minimum atomic E-state index is -4.11. The molecule has 1 aromatic rings. The number of nitrogen functional groups attached to an aromatic ring is 1. The van der Waals surface area contributed by atoms with Crippen LogP contribution in [0.3, 0.4) is 0 Å². The van der Waals surface area contributed by atoms with E-state index in [2.05, 4.69) is 5.32 Å². The highest BCUT2D eigenvalue weighted by molar-refractivity contribution is 5.46. The molecule has 1 aliphatic carbocycles. The van der Waals surface area contributed by atoms with Crippen molar-refractivity contribution < 1.29 is 13.2 Å². The van der Waals surface area contributed by atoms with Gasteiger partial charge in [0.15, 0.2) is 0 Å². The van der Waals surface area contributed by atoms with Crippen molar-refractivity contribution in [1.29, 1.82) is 0 Å². The third-order valence-electron chi connectivity index (χ3n) is 3.80. The van der Waals surface area contributed by atoms with Gasteiger partial charge in [0.25, 0.3) is 0 Å². The minimum Gasteiger partial charge on any atom is -0.398 e. The number of para-hydroxylation sites is 1. The summed E-state index contributed by atoms with van der Waals surface area (Å²) in [5, 5.41) is 3.04. The number of anilines is 1. The molecule has 5 heteroatoms. The number of hydrogen-bond acceptors (Lipinski definition) is 2. The van der Waals surface area contributed by atoms with Crippen LogP contribution in [0.1, 0.15) is 31.2 Å². The maximum absolute atomic E-state index is 12.9. The van der Waals surface area contributed by atoms with Gasteiger partial charge in [0.1, 0.15) is 0 Å². The predicted octanol–water partition coefficient (Wildman–Crippen LogP) is 3.48. The van der Waals surface area contributed by atoms with Crippen LogP contribution in [-0.2, 0) is 6.54 Å². The quantitative estimate of drug-likeness (QED) is 0.827. The Morgan fingerprint density at radius 2 is 1.84 bits per heavy atom. The van der Waals surface area contributed by atoms with Crippen molar-refractivity contribution in [1.82, 2.24) is 5.32 Å². The molecule has 3 N–H and O–H groups in total. The molecule has 0 amide bonds. The van der Waals surface area contributed by atoms with E-state index >= 15 is 0 Å². The predicted molar refractivity (Wildman–Crippen MR) is 69.5 cm³/mol. The molecule has 0 bridgehead atoms. The zero-order chi connectivity index (χ0) is 13.9. The van der Waals surface area contributed by atoms with Crippen LogP contribution in [0.25, 0.3) is 0 Å². The van der Waals surface area contributed by atoms with Gasteiger partial charge in [-0.25, -0.2) is 0 Å². The number of hydrogen-bond donors (Lipinski definition) is 2. The fourth-order valence-corrected chi connectivity index (χ4v) is 2.70. The zero-order valence-electron chi connectivity index (χ0n) is 10.7. The Morgan fingerprint density at radius 1 is 1.16 bits per heavy atom. The molecule has 2 unspecified atom stereocenters. The summed E-state index contributed by atoms with van der Waals surface area (Å²) in [6.07, 6.45) is -1.78. The van der Waals surface area contributed by atoms with Crippen LogP contribution in [0.4, 0.5) is 18.9 Å². The van der Waals surface area contributed by atoms with E-state index in [1.807, 2.05) is 18.2 Å². The number of nitrogens with one attached hydrogen (secondary N) is 1. The highest BCUT2D eigenvalue weighted by Gasteiger charge is 2.45. The summed E-state index contributed by atoms with van der Waals surface area (Å²) in [6, 6.07) is 6.77. The average molecular weight is 272 g/mol. The van der Waals surface area contributed by atoms with E-state index in [0.29, 0.717) is 25.1 Å². The first-order valence-corrected chi connectivity index (χ1v) is 6.62. The average Bonchev–Trinajstić information content (AvgIpc) is 2.37. The molecule has 0 saturated heterocycles. The molecule has 0 spiro atoms. The summed E-state index contributed by atoms with van der Waals surface area (Å²) in [7, 11) is 0. The van der Waals surface area contributed by atoms with Crippen LogP contribution < -0.4 is 11.1 Å². The lowest BCUT2D eigenvalue weighted by atomic mass is 9.84. The first-order chi connectivity index (χ1) is 8.98. The topological polar surface area (TPSA) is 38.0 Å². The maximum Gasteiger partial charge on any atom is 0.393 e. The number of rotatable bonds is 3. The second-order valence-corrected chi connectivity index (χ2v) is 5.12. The summed E-state index contributed by atoms with van der Waals surface area (Å²) in [6.45, 7) is 0.393. The Labute approximate surface area is 111 Å². The lowest BCUT2D eigenvalue weighted by Gasteiger charge is -2.33. The summed E-state index contributed by atoms with van der Waals surface area (Å²) >= 11 is 0. The molecular weight excluding hydrogens is 253 g/mol.